The molecule has 0 radical (unpaired) electrons. The Balaban J connectivity index is 2.36. The summed E-state index contributed by atoms with van der Waals surface area (Å²) in [4.78, 5) is 4.31. The monoisotopic (exact) mass is 255 g/mol. The minimum Gasteiger partial charge on any atom is -0.376 e. The molecule has 2 nitrogen and oxygen atoms in total. The SMILES string of the molecule is Fc1cc2nc3c(c(Cl)c2cc1F)COCC3. The number of pyridine rings is 1. The Morgan fingerprint density at radius 2 is 2.00 bits per heavy atom. The molecule has 3 rings (SSSR count). The molecule has 2 heterocycles. The second-order valence-corrected chi connectivity index (χ2v) is 4.32. The van der Waals surface area contributed by atoms with E-state index in [1.54, 1.807) is 0 Å². The van der Waals surface area contributed by atoms with Gasteiger partial charge in [-0.05, 0) is 6.07 Å². The van der Waals surface area contributed by atoms with Gasteiger partial charge < -0.3 is 4.74 Å². The van der Waals surface area contributed by atoms with E-state index in [1.807, 2.05) is 0 Å². The molecule has 1 aromatic heterocycles. The summed E-state index contributed by atoms with van der Waals surface area (Å²) in [6.07, 6.45) is 0.643. The highest BCUT2D eigenvalue weighted by Crippen LogP contribution is 2.32. The molecule has 0 amide bonds. The molecule has 0 atom stereocenters. The predicted molar refractivity (Wildman–Crippen MR) is 60.0 cm³/mol. The van der Waals surface area contributed by atoms with Crippen LogP contribution in [0.4, 0.5) is 8.78 Å². The van der Waals surface area contributed by atoms with Crippen LogP contribution >= 0.6 is 11.6 Å². The molecule has 0 unspecified atom stereocenters. The number of rotatable bonds is 0. The molecule has 0 aliphatic carbocycles. The first-order valence-electron chi connectivity index (χ1n) is 5.20. The number of hydrogen-bond acceptors (Lipinski definition) is 2. The van der Waals surface area contributed by atoms with Gasteiger partial charge in [-0.2, -0.15) is 0 Å². The standard InChI is InChI=1S/C12H8ClF2NO/c13-12-6-3-8(14)9(15)4-11(6)16-10-1-2-17-5-7(10)12/h3-4H,1-2,5H2. The average molecular weight is 256 g/mol. The second kappa shape index (κ2) is 3.89. The predicted octanol–water partition coefficient (Wildman–Crippen LogP) is 3.24. The molecule has 88 valence electrons. The van der Waals surface area contributed by atoms with Crippen molar-refractivity contribution < 1.29 is 13.5 Å². The lowest BCUT2D eigenvalue weighted by Crippen LogP contribution is -2.12. The van der Waals surface area contributed by atoms with Crippen LogP contribution in [-0.2, 0) is 17.8 Å². The van der Waals surface area contributed by atoms with E-state index < -0.39 is 11.6 Å². The summed E-state index contributed by atoms with van der Waals surface area (Å²) < 4.78 is 31.6. The molecule has 0 saturated heterocycles. The molecule has 0 fully saturated rings. The van der Waals surface area contributed by atoms with Crippen LogP contribution in [0.25, 0.3) is 10.9 Å². The van der Waals surface area contributed by atoms with E-state index in [1.165, 1.54) is 0 Å². The van der Waals surface area contributed by atoms with Crippen molar-refractivity contribution in [2.24, 2.45) is 0 Å². The summed E-state index contributed by atoms with van der Waals surface area (Å²) in [6.45, 7) is 0.946. The molecule has 0 saturated carbocycles. The van der Waals surface area contributed by atoms with Crippen LogP contribution in [0.1, 0.15) is 11.3 Å². The van der Waals surface area contributed by atoms with E-state index >= 15 is 0 Å². The first-order chi connectivity index (χ1) is 8.16. The molecule has 17 heavy (non-hydrogen) atoms. The van der Waals surface area contributed by atoms with Crippen LogP contribution in [0.5, 0.6) is 0 Å². The number of aromatic nitrogens is 1. The van der Waals surface area contributed by atoms with E-state index in [0.717, 1.165) is 23.4 Å². The zero-order valence-electron chi connectivity index (χ0n) is 8.77. The molecular formula is C12H8ClF2NO. The van der Waals surface area contributed by atoms with Crippen LogP contribution in [0.15, 0.2) is 12.1 Å². The van der Waals surface area contributed by atoms with Crippen LogP contribution < -0.4 is 0 Å². The summed E-state index contributed by atoms with van der Waals surface area (Å²) in [5, 5.41) is 0.832. The molecule has 1 aliphatic heterocycles. The Labute approximate surface area is 101 Å². The lowest BCUT2D eigenvalue weighted by atomic mass is 10.1. The molecule has 2 aromatic rings. The van der Waals surface area contributed by atoms with Crippen molar-refractivity contribution in [1.82, 2.24) is 4.98 Å². The third kappa shape index (κ3) is 1.68. The first kappa shape index (κ1) is 10.9. The van der Waals surface area contributed by atoms with Crippen molar-refractivity contribution in [2.75, 3.05) is 6.61 Å². The fourth-order valence-corrected chi connectivity index (χ4v) is 2.32. The highest BCUT2D eigenvalue weighted by Gasteiger charge is 2.18. The van der Waals surface area contributed by atoms with Gasteiger partial charge >= 0.3 is 0 Å². The van der Waals surface area contributed by atoms with E-state index in [9.17, 15) is 8.78 Å². The summed E-state index contributed by atoms with van der Waals surface area (Å²) in [6, 6.07) is 2.15. The van der Waals surface area contributed by atoms with Gasteiger partial charge in [0.25, 0.3) is 0 Å². The molecule has 1 aromatic carbocycles. The van der Waals surface area contributed by atoms with E-state index in [4.69, 9.17) is 16.3 Å². The Bertz CT molecular complexity index is 615. The highest BCUT2D eigenvalue weighted by atomic mass is 35.5. The highest BCUT2D eigenvalue weighted by molar-refractivity contribution is 6.36. The molecule has 0 spiro atoms. The normalized spacial score (nSPS) is 15.0. The van der Waals surface area contributed by atoms with Gasteiger partial charge in [0.1, 0.15) is 0 Å². The summed E-state index contributed by atoms with van der Waals surface area (Å²) in [5.74, 6) is -1.83. The smallest absolute Gasteiger partial charge is 0.161 e. The van der Waals surface area contributed by atoms with Crippen LogP contribution in [0, 0.1) is 11.6 Å². The van der Waals surface area contributed by atoms with E-state index in [-0.39, 0.29) is 0 Å². The minimum absolute atomic E-state index is 0.371. The van der Waals surface area contributed by atoms with Gasteiger partial charge in [0, 0.05) is 23.4 Å². The van der Waals surface area contributed by atoms with Crippen LogP contribution in [0.2, 0.25) is 5.02 Å². The maximum atomic E-state index is 13.2. The topological polar surface area (TPSA) is 22.1 Å². The van der Waals surface area contributed by atoms with Gasteiger partial charge in [-0.3, -0.25) is 4.98 Å². The zero-order valence-corrected chi connectivity index (χ0v) is 9.52. The van der Waals surface area contributed by atoms with Gasteiger partial charge in [0.2, 0.25) is 0 Å². The number of hydrogen-bond donors (Lipinski definition) is 0. The summed E-state index contributed by atoms with van der Waals surface area (Å²) in [7, 11) is 0. The minimum atomic E-state index is -0.919. The molecule has 1 aliphatic rings. The lowest BCUT2D eigenvalue weighted by Gasteiger charge is -2.18. The third-order valence-corrected chi connectivity index (χ3v) is 3.31. The fraction of sp³-hybridized carbons (Fsp3) is 0.250. The van der Waals surface area contributed by atoms with Crippen molar-refractivity contribution in [2.45, 2.75) is 13.0 Å². The van der Waals surface area contributed by atoms with Crippen LogP contribution in [0.3, 0.4) is 0 Å². The van der Waals surface area contributed by atoms with Gasteiger partial charge in [-0.25, -0.2) is 8.78 Å². The number of fused-ring (bicyclic) bond motifs is 2. The molecule has 0 bridgehead atoms. The number of nitrogens with zero attached hydrogens (tertiary/aromatic N) is 1. The largest absolute Gasteiger partial charge is 0.376 e. The number of ether oxygens (including phenoxy) is 1. The molecular weight excluding hydrogens is 248 g/mol. The van der Waals surface area contributed by atoms with Gasteiger partial charge in [-0.15, -0.1) is 0 Å². The Kier molecular flexibility index (Phi) is 2.49. The second-order valence-electron chi connectivity index (χ2n) is 3.94. The van der Waals surface area contributed by atoms with Crippen molar-refractivity contribution in [3.8, 4) is 0 Å². The van der Waals surface area contributed by atoms with Gasteiger partial charge in [0.05, 0.1) is 29.4 Å². The molecule has 5 heteroatoms. The first-order valence-corrected chi connectivity index (χ1v) is 5.58. The van der Waals surface area contributed by atoms with Crippen molar-refractivity contribution in [3.05, 3.63) is 40.0 Å². The quantitative estimate of drug-likeness (QED) is 0.721. The van der Waals surface area contributed by atoms with Crippen molar-refractivity contribution in [1.29, 1.82) is 0 Å². The maximum Gasteiger partial charge on any atom is 0.161 e. The third-order valence-electron chi connectivity index (χ3n) is 2.87. The lowest BCUT2D eigenvalue weighted by molar-refractivity contribution is 0.109. The Morgan fingerprint density at radius 3 is 2.82 bits per heavy atom. The molecule has 0 N–H and O–H groups in total. The Morgan fingerprint density at radius 1 is 1.24 bits per heavy atom. The van der Waals surface area contributed by atoms with Crippen LogP contribution in [-0.4, -0.2) is 11.6 Å². The van der Waals surface area contributed by atoms with E-state index in [2.05, 4.69) is 4.98 Å². The number of halogens is 3. The fourth-order valence-electron chi connectivity index (χ4n) is 2.00. The van der Waals surface area contributed by atoms with Gasteiger partial charge in [0.15, 0.2) is 11.6 Å². The zero-order chi connectivity index (χ0) is 12.0. The summed E-state index contributed by atoms with van der Waals surface area (Å²) in [5.41, 5.74) is 1.96. The maximum absolute atomic E-state index is 13.2. The van der Waals surface area contributed by atoms with Gasteiger partial charge in [-0.1, -0.05) is 11.6 Å². The van der Waals surface area contributed by atoms with Crippen molar-refractivity contribution >= 4 is 22.5 Å². The average Bonchev–Trinajstić information content (AvgIpc) is 2.32. The summed E-state index contributed by atoms with van der Waals surface area (Å²) >= 11 is 6.17. The van der Waals surface area contributed by atoms with Crippen molar-refractivity contribution in [3.63, 3.8) is 0 Å². The number of benzene rings is 1. The van der Waals surface area contributed by atoms with E-state index in [0.29, 0.717) is 35.6 Å². The Hall–Kier alpha value is -1.26.